The zero-order valence-corrected chi connectivity index (χ0v) is 11.3. The van der Waals surface area contributed by atoms with E-state index in [9.17, 15) is 4.79 Å². The maximum atomic E-state index is 12.5. The Morgan fingerprint density at radius 2 is 2.11 bits per heavy atom. The second-order valence-electron chi connectivity index (χ2n) is 4.72. The van der Waals surface area contributed by atoms with E-state index in [0.29, 0.717) is 12.1 Å². The van der Waals surface area contributed by atoms with Gasteiger partial charge in [0.15, 0.2) is 0 Å². The Morgan fingerprint density at radius 3 is 2.84 bits per heavy atom. The molecule has 1 aromatic carbocycles. The molecule has 0 aliphatic heterocycles. The number of carbonyl (C=O) groups is 1. The zero-order chi connectivity index (χ0) is 13.8. The van der Waals surface area contributed by atoms with E-state index in [4.69, 9.17) is 5.73 Å². The number of hydrogen-bond acceptors (Lipinski definition) is 3. The molecular formula is C15H19N3O. The molecule has 19 heavy (non-hydrogen) atoms. The predicted octanol–water partition coefficient (Wildman–Crippen LogP) is 2.04. The van der Waals surface area contributed by atoms with Gasteiger partial charge in [0.1, 0.15) is 0 Å². The Balaban J connectivity index is 2.36. The second-order valence-corrected chi connectivity index (χ2v) is 4.72. The van der Waals surface area contributed by atoms with Crippen molar-refractivity contribution < 1.29 is 4.79 Å². The van der Waals surface area contributed by atoms with Crippen molar-refractivity contribution in [2.75, 3.05) is 13.6 Å². The molecule has 0 aliphatic rings. The molecule has 2 aromatic rings. The molecule has 0 saturated heterocycles. The van der Waals surface area contributed by atoms with E-state index in [1.807, 2.05) is 38.2 Å². The van der Waals surface area contributed by atoms with E-state index >= 15 is 0 Å². The number of fused-ring (bicyclic) bond motifs is 1. The third kappa shape index (κ3) is 2.74. The molecule has 1 unspecified atom stereocenters. The molecule has 1 amide bonds. The van der Waals surface area contributed by atoms with Crippen LogP contribution in [0.3, 0.4) is 0 Å². The Morgan fingerprint density at radius 1 is 1.37 bits per heavy atom. The minimum Gasteiger partial charge on any atom is -0.339 e. The number of hydrogen-bond donors (Lipinski definition) is 1. The normalized spacial score (nSPS) is 12.4. The number of nitrogens with zero attached hydrogens (tertiary/aromatic N) is 2. The van der Waals surface area contributed by atoms with Gasteiger partial charge in [-0.3, -0.25) is 9.78 Å². The SMILES string of the molecule is CC(CCN)N(C)C(=O)c1ccnc2ccccc12. The van der Waals surface area contributed by atoms with Gasteiger partial charge in [-0.25, -0.2) is 0 Å². The van der Waals surface area contributed by atoms with Crippen LogP contribution in [0, 0.1) is 0 Å². The molecule has 100 valence electrons. The van der Waals surface area contributed by atoms with Crippen LogP contribution in [-0.2, 0) is 0 Å². The molecule has 0 fully saturated rings. The number of rotatable bonds is 4. The maximum absolute atomic E-state index is 12.5. The van der Waals surface area contributed by atoms with E-state index in [2.05, 4.69) is 4.98 Å². The third-order valence-electron chi connectivity index (χ3n) is 3.45. The Bertz CT molecular complexity index is 577. The summed E-state index contributed by atoms with van der Waals surface area (Å²) < 4.78 is 0. The summed E-state index contributed by atoms with van der Waals surface area (Å²) in [7, 11) is 1.82. The third-order valence-corrected chi connectivity index (χ3v) is 3.45. The summed E-state index contributed by atoms with van der Waals surface area (Å²) in [5.74, 6) is 0.0135. The van der Waals surface area contributed by atoms with Crippen LogP contribution in [0.1, 0.15) is 23.7 Å². The van der Waals surface area contributed by atoms with Crippen LogP contribution in [0.5, 0.6) is 0 Å². The smallest absolute Gasteiger partial charge is 0.254 e. The number of nitrogens with two attached hydrogens (primary N) is 1. The van der Waals surface area contributed by atoms with Gasteiger partial charge in [-0.1, -0.05) is 18.2 Å². The van der Waals surface area contributed by atoms with Crippen LogP contribution < -0.4 is 5.73 Å². The molecule has 2 rings (SSSR count). The van der Waals surface area contributed by atoms with E-state index in [-0.39, 0.29) is 11.9 Å². The summed E-state index contributed by atoms with van der Waals surface area (Å²) in [6, 6.07) is 9.58. The molecule has 1 heterocycles. The van der Waals surface area contributed by atoms with Gasteiger partial charge in [-0.15, -0.1) is 0 Å². The fraction of sp³-hybridized carbons (Fsp3) is 0.333. The summed E-state index contributed by atoms with van der Waals surface area (Å²) >= 11 is 0. The molecule has 4 heteroatoms. The Labute approximate surface area is 113 Å². The van der Waals surface area contributed by atoms with E-state index in [1.165, 1.54) is 0 Å². The highest BCUT2D eigenvalue weighted by Gasteiger charge is 2.18. The molecule has 1 aromatic heterocycles. The summed E-state index contributed by atoms with van der Waals surface area (Å²) in [5.41, 5.74) is 7.08. The van der Waals surface area contributed by atoms with Crippen LogP contribution in [0.25, 0.3) is 10.9 Å². The van der Waals surface area contributed by atoms with E-state index in [1.54, 1.807) is 17.2 Å². The summed E-state index contributed by atoms with van der Waals surface area (Å²) in [5, 5.41) is 0.891. The first kappa shape index (κ1) is 13.5. The lowest BCUT2D eigenvalue weighted by Crippen LogP contribution is -2.36. The van der Waals surface area contributed by atoms with Gasteiger partial charge in [0.25, 0.3) is 5.91 Å². The fourth-order valence-corrected chi connectivity index (χ4v) is 2.11. The van der Waals surface area contributed by atoms with Crippen LogP contribution in [0.2, 0.25) is 0 Å². The molecule has 0 radical (unpaired) electrons. The fourth-order valence-electron chi connectivity index (χ4n) is 2.11. The molecule has 4 nitrogen and oxygen atoms in total. The van der Waals surface area contributed by atoms with Gasteiger partial charge >= 0.3 is 0 Å². The zero-order valence-electron chi connectivity index (χ0n) is 11.3. The molecule has 2 N–H and O–H groups in total. The highest BCUT2D eigenvalue weighted by Crippen LogP contribution is 2.18. The van der Waals surface area contributed by atoms with Crippen molar-refractivity contribution in [2.24, 2.45) is 5.73 Å². The molecule has 1 atom stereocenters. The molecule has 0 saturated carbocycles. The minimum atomic E-state index is 0.0135. The first-order valence-electron chi connectivity index (χ1n) is 6.46. The largest absolute Gasteiger partial charge is 0.339 e. The quantitative estimate of drug-likeness (QED) is 0.912. The molecule has 0 spiro atoms. The number of carbonyl (C=O) groups excluding carboxylic acids is 1. The van der Waals surface area contributed by atoms with Gasteiger partial charge in [0, 0.05) is 24.7 Å². The summed E-state index contributed by atoms with van der Waals surface area (Å²) in [6.45, 7) is 2.59. The van der Waals surface area contributed by atoms with Crippen molar-refractivity contribution in [3.63, 3.8) is 0 Å². The number of aromatic nitrogens is 1. The standard InChI is InChI=1S/C15H19N3O/c1-11(7-9-16)18(2)15(19)13-8-10-17-14-6-4-3-5-12(13)14/h3-6,8,10-11H,7,9,16H2,1-2H3. The topological polar surface area (TPSA) is 59.2 Å². The average Bonchev–Trinajstić information content (AvgIpc) is 2.45. The molecule has 0 bridgehead atoms. The number of benzene rings is 1. The Hall–Kier alpha value is -1.94. The van der Waals surface area contributed by atoms with Crippen LogP contribution in [0.15, 0.2) is 36.5 Å². The van der Waals surface area contributed by atoms with E-state index < -0.39 is 0 Å². The number of para-hydroxylation sites is 1. The number of pyridine rings is 1. The molecular weight excluding hydrogens is 238 g/mol. The lowest BCUT2D eigenvalue weighted by atomic mass is 10.1. The molecule has 0 aliphatic carbocycles. The average molecular weight is 257 g/mol. The monoisotopic (exact) mass is 257 g/mol. The minimum absolute atomic E-state index is 0.0135. The lowest BCUT2D eigenvalue weighted by Gasteiger charge is -2.25. The van der Waals surface area contributed by atoms with Gasteiger partial charge in [-0.2, -0.15) is 0 Å². The van der Waals surface area contributed by atoms with Gasteiger partial charge < -0.3 is 10.6 Å². The maximum Gasteiger partial charge on any atom is 0.254 e. The number of amides is 1. The highest BCUT2D eigenvalue weighted by molar-refractivity contribution is 6.05. The van der Waals surface area contributed by atoms with Crippen molar-refractivity contribution in [1.29, 1.82) is 0 Å². The predicted molar refractivity (Wildman–Crippen MR) is 77.0 cm³/mol. The summed E-state index contributed by atoms with van der Waals surface area (Å²) in [4.78, 5) is 18.6. The Kier molecular flexibility index (Phi) is 4.12. The van der Waals surface area contributed by atoms with Gasteiger partial charge in [0.05, 0.1) is 11.1 Å². The lowest BCUT2D eigenvalue weighted by molar-refractivity contribution is 0.0741. The second kappa shape index (κ2) is 5.80. The first-order chi connectivity index (χ1) is 9.15. The van der Waals surface area contributed by atoms with Crippen LogP contribution in [-0.4, -0.2) is 35.4 Å². The van der Waals surface area contributed by atoms with Gasteiger partial charge in [-0.05, 0) is 32.0 Å². The van der Waals surface area contributed by atoms with Crippen molar-refractivity contribution in [1.82, 2.24) is 9.88 Å². The highest BCUT2D eigenvalue weighted by atomic mass is 16.2. The first-order valence-corrected chi connectivity index (χ1v) is 6.46. The van der Waals surface area contributed by atoms with E-state index in [0.717, 1.165) is 17.3 Å². The van der Waals surface area contributed by atoms with Crippen LogP contribution in [0.4, 0.5) is 0 Å². The summed E-state index contributed by atoms with van der Waals surface area (Å²) in [6.07, 6.45) is 2.47. The van der Waals surface area contributed by atoms with Crippen molar-refractivity contribution in [2.45, 2.75) is 19.4 Å². The van der Waals surface area contributed by atoms with Crippen molar-refractivity contribution in [3.8, 4) is 0 Å². The van der Waals surface area contributed by atoms with Crippen molar-refractivity contribution >= 4 is 16.8 Å². The van der Waals surface area contributed by atoms with Crippen molar-refractivity contribution in [3.05, 3.63) is 42.1 Å². The van der Waals surface area contributed by atoms with Gasteiger partial charge in [0.2, 0.25) is 0 Å². The van der Waals surface area contributed by atoms with Crippen LogP contribution >= 0.6 is 0 Å².